The van der Waals surface area contributed by atoms with E-state index in [1.165, 1.54) is 16.7 Å². The summed E-state index contributed by atoms with van der Waals surface area (Å²) in [6.45, 7) is 5.54. The van der Waals surface area contributed by atoms with E-state index in [1.54, 1.807) is 0 Å². The SMILES string of the molecule is Cc1ccc(CCNCC=O)c(C)c1. The lowest BCUT2D eigenvalue weighted by Gasteiger charge is -2.06. The molecule has 0 amide bonds. The summed E-state index contributed by atoms with van der Waals surface area (Å²) in [7, 11) is 0. The van der Waals surface area contributed by atoms with Gasteiger partial charge in [0.05, 0.1) is 6.54 Å². The molecule has 0 aliphatic heterocycles. The van der Waals surface area contributed by atoms with Gasteiger partial charge in [0.25, 0.3) is 0 Å². The molecule has 0 bridgehead atoms. The first-order valence-electron chi connectivity index (χ1n) is 4.94. The largest absolute Gasteiger partial charge is 0.310 e. The fourth-order valence-corrected chi connectivity index (χ4v) is 1.51. The van der Waals surface area contributed by atoms with Crippen LogP contribution in [0.4, 0.5) is 0 Å². The van der Waals surface area contributed by atoms with Crippen molar-refractivity contribution in [3.8, 4) is 0 Å². The summed E-state index contributed by atoms with van der Waals surface area (Å²) in [5.41, 5.74) is 3.99. The summed E-state index contributed by atoms with van der Waals surface area (Å²) in [5, 5.41) is 3.06. The predicted molar refractivity (Wildman–Crippen MR) is 58.6 cm³/mol. The van der Waals surface area contributed by atoms with E-state index in [-0.39, 0.29) is 0 Å². The van der Waals surface area contributed by atoms with Crippen LogP contribution in [0.2, 0.25) is 0 Å². The monoisotopic (exact) mass is 191 g/mol. The Morgan fingerprint density at radius 3 is 2.79 bits per heavy atom. The van der Waals surface area contributed by atoms with Gasteiger partial charge in [-0.3, -0.25) is 0 Å². The van der Waals surface area contributed by atoms with Crippen LogP contribution in [0.3, 0.4) is 0 Å². The summed E-state index contributed by atoms with van der Waals surface area (Å²) in [6.07, 6.45) is 1.88. The third-order valence-electron chi connectivity index (χ3n) is 2.30. The number of nitrogens with one attached hydrogen (secondary N) is 1. The maximum Gasteiger partial charge on any atom is 0.133 e. The molecule has 2 heteroatoms. The quantitative estimate of drug-likeness (QED) is 0.566. The highest BCUT2D eigenvalue weighted by atomic mass is 16.1. The maximum absolute atomic E-state index is 10.1. The molecule has 14 heavy (non-hydrogen) atoms. The third-order valence-corrected chi connectivity index (χ3v) is 2.30. The van der Waals surface area contributed by atoms with Gasteiger partial charge in [-0.15, -0.1) is 0 Å². The molecule has 0 fully saturated rings. The number of aryl methyl sites for hydroxylation is 2. The Kier molecular flexibility index (Phi) is 4.33. The van der Waals surface area contributed by atoms with Gasteiger partial charge in [0, 0.05) is 0 Å². The Bertz CT molecular complexity index is 307. The third kappa shape index (κ3) is 3.30. The molecule has 0 spiro atoms. The van der Waals surface area contributed by atoms with Crippen molar-refractivity contribution in [1.29, 1.82) is 0 Å². The van der Waals surface area contributed by atoms with Crippen molar-refractivity contribution < 1.29 is 4.79 Å². The highest BCUT2D eigenvalue weighted by Crippen LogP contribution is 2.10. The molecular weight excluding hydrogens is 174 g/mol. The van der Waals surface area contributed by atoms with Gasteiger partial charge in [0.1, 0.15) is 6.29 Å². The fourth-order valence-electron chi connectivity index (χ4n) is 1.51. The van der Waals surface area contributed by atoms with Crippen LogP contribution in [0, 0.1) is 13.8 Å². The molecule has 1 aromatic carbocycles. The van der Waals surface area contributed by atoms with Crippen molar-refractivity contribution in [1.82, 2.24) is 5.32 Å². The molecule has 1 aromatic rings. The van der Waals surface area contributed by atoms with E-state index in [0.29, 0.717) is 6.54 Å². The van der Waals surface area contributed by atoms with Crippen LogP contribution in [-0.4, -0.2) is 19.4 Å². The smallest absolute Gasteiger partial charge is 0.133 e. The molecule has 0 aliphatic carbocycles. The van der Waals surface area contributed by atoms with Gasteiger partial charge >= 0.3 is 0 Å². The van der Waals surface area contributed by atoms with Crippen LogP contribution in [-0.2, 0) is 11.2 Å². The van der Waals surface area contributed by atoms with Crippen LogP contribution < -0.4 is 5.32 Å². The van der Waals surface area contributed by atoms with Crippen molar-refractivity contribution in [3.63, 3.8) is 0 Å². The van der Waals surface area contributed by atoms with Crippen LogP contribution in [0.1, 0.15) is 16.7 Å². The number of hydrogen-bond acceptors (Lipinski definition) is 2. The van der Waals surface area contributed by atoms with Gasteiger partial charge in [0.2, 0.25) is 0 Å². The van der Waals surface area contributed by atoms with E-state index in [2.05, 4.69) is 37.4 Å². The summed E-state index contributed by atoms with van der Waals surface area (Å²) in [6, 6.07) is 6.48. The Labute approximate surface area is 85.3 Å². The predicted octanol–water partition coefficient (Wildman–Crippen LogP) is 1.63. The van der Waals surface area contributed by atoms with Crippen molar-refractivity contribution in [2.24, 2.45) is 0 Å². The Balaban J connectivity index is 2.46. The Morgan fingerprint density at radius 2 is 2.14 bits per heavy atom. The van der Waals surface area contributed by atoms with E-state index in [4.69, 9.17) is 0 Å². The molecule has 76 valence electrons. The van der Waals surface area contributed by atoms with E-state index >= 15 is 0 Å². The zero-order valence-electron chi connectivity index (χ0n) is 8.84. The molecule has 0 saturated carbocycles. The van der Waals surface area contributed by atoms with Crippen LogP contribution in [0.15, 0.2) is 18.2 Å². The van der Waals surface area contributed by atoms with Gasteiger partial charge in [-0.1, -0.05) is 23.8 Å². The van der Waals surface area contributed by atoms with E-state index < -0.39 is 0 Å². The molecular formula is C12H17NO. The standard InChI is InChI=1S/C12H17NO/c1-10-3-4-12(11(2)9-10)5-6-13-7-8-14/h3-4,8-9,13H,5-7H2,1-2H3. The van der Waals surface area contributed by atoms with Crippen LogP contribution in [0.25, 0.3) is 0 Å². The number of aldehydes is 1. The lowest BCUT2D eigenvalue weighted by Crippen LogP contribution is -2.19. The summed E-state index contributed by atoms with van der Waals surface area (Å²) < 4.78 is 0. The average Bonchev–Trinajstić information content (AvgIpc) is 2.15. The van der Waals surface area contributed by atoms with E-state index in [9.17, 15) is 4.79 Å². The van der Waals surface area contributed by atoms with Crippen molar-refractivity contribution in [2.75, 3.05) is 13.1 Å². The number of carbonyl (C=O) groups excluding carboxylic acids is 1. The van der Waals surface area contributed by atoms with E-state index in [0.717, 1.165) is 19.3 Å². The molecule has 0 saturated heterocycles. The molecule has 0 aliphatic rings. The fraction of sp³-hybridized carbons (Fsp3) is 0.417. The second-order valence-corrected chi connectivity index (χ2v) is 3.55. The number of benzene rings is 1. The normalized spacial score (nSPS) is 10.1. The molecule has 0 heterocycles. The summed E-state index contributed by atoms with van der Waals surface area (Å²) in [4.78, 5) is 10.1. The van der Waals surface area contributed by atoms with Crippen molar-refractivity contribution >= 4 is 6.29 Å². The van der Waals surface area contributed by atoms with Gasteiger partial charge < -0.3 is 10.1 Å². The van der Waals surface area contributed by atoms with Gasteiger partial charge in [-0.25, -0.2) is 0 Å². The molecule has 0 radical (unpaired) electrons. The number of rotatable bonds is 5. The lowest BCUT2D eigenvalue weighted by atomic mass is 10.0. The first kappa shape index (κ1) is 10.9. The zero-order valence-corrected chi connectivity index (χ0v) is 8.84. The highest BCUT2D eigenvalue weighted by Gasteiger charge is 1.97. The second-order valence-electron chi connectivity index (χ2n) is 3.55. The first-order valence-corrected chi connectivity index (χ1v) is 4.94. The maximum atomic E-state index is 10.1. The number of carbonyl (C=O) groups is 1. The Morgan fingerprint density at radius 1 is 1.36 bits per heavy atom. The zero-order chi connectivity index (χ0) is 10.4. The van der Waals surface area contributed by atoms with Gasteiger partial charge in [-0.2, -0.15) is 0 Å². The van der Waals surface area contributed by atoms with Crippen molar-refractivity contribution in [3.05, 3.63) is 34.9 Å². The van der Waals surface area contributed by atoms with Crippen molar-refractivity contribution in [2.45, 2.75) is 20.3 Å². The molecule has 2 nitrogen and oxygen atoms in total. The lowest BCUT2D eigenvalue weighted by molar-refractivity contribution is -0.107. The summed E-state index contributed by atoms with van der Waals surface area (Å²) in [5.74, 6) is 0. The minimum absolute atomic E-state index is 0.449. The van der Waals surface area contributed by atoms with Gasteiger partial charge in [-0.05, 0) is 37.9 Å². The first-order chi connectivity index (χ1) is 6.74. The minimum Gasteiger partial charge on any atom is -0.310 e. The number of hydrogen-bond donors (Lipinski definition) is 1. The van der Waals surface area contributed by atoms with E-state index in [1.807, 2.05) is 0 Å². The molecule has 0 atom stereocenters. The molecule has 0 unspecified atom stereocenters. The molecule has 0 aromatic heterocycles. The highest BCUT2D eigenvalue weighted by molar-refractivity contribution is 5.51. The topological polar surface area (TPSA) is 29.1 Å². The molecule has 1 rings (SSSR count). The van der Waals surface area contributed by atoms with Gasteiger partial charge in [0.15, 0.2) is 0 Å². The minimum atomic E-state index is 0.449. The van der Waals surface area contributed by atoms with Crippen LogP contribution in [0.5, 0.6) is 0 Å². The second kappa shape index (κ2) is 5.55. The average molecular weight is 191 g/mol. The molecule has 1 N–H and O–H groups in total. The van der Waals surface area contributed by atoms with Crippen LogP contribution >= 0.6 is 0 Å². The Hall–Kier alpha value is -1.15. The summed E-state index contributed by atoms with van der Waals surface area (Å²) >= 11 is 0.